The third kappa shape index (κ3) is 2.94. The van der Waals surface area contributed by atoms with E-state index in [2.05, 4.69) is 15.3 Å². The lowest BCUT2D eigenvalue weighted by molar-refractivity contribution is -0.109. The van der Waals surface area contributed by atoms with Gasteiger partial charge in [0.25, 0.3) is 0 Å². The van der Waals surface area contributed by atoms with Crippen LogP contribution in [0.25, 0.3) is 5.57 Å². The molecule has 0 aliphatic heterocycles. The second-order valence-corrected chi connectivity index (χ2v) is 2.62. The van der Waals surface area contributed by atoms with Crippen molar-refractivity contribution in [1.29, 1.82) is 0 Å². The van der Waals surface area contributed by atoms with Gasteiger partial charge >= 0.3 is 0 Å². The van der Waals surface area contributed by atoms with E-state index in [1.807, 2.05) is 0 Å². The van der Waals surface area contributed by atoms with E-state index in [0.717, 1.165) is 0 Å². The molecule has 1 heterocycles. The lowest BCUT2D eigenvalue weighted by atomic mass is 10.2. The van der Waals surface area contributed by atoms with E-state index in [4.69, 9.17) is 10.5 Å². The first-order chi connectivity index (χ1) is 7.29. The van der Waals surface area contributed by atoms with Gasteiger partial charge in [0.15, 0.2) is 11.7 Å². The van der Waals surface area contributed by atoms with Crippen LogP contribution < -0.4 is 11.1 Å². The molecular weight excluding hydrogens is 196 g/mol. The average Bonchev–Trinajstić information content (AvgIpc) is 2.30. The molecule has 0 fully saturated rings. The van der Waals surface area contributed by atoms with Crippen LogP contribution in [0.1, 0.15) is 5.82 Å². The van der Waals surface area contributed by atoms with Crippen LogP contribution >= 0.6 is 0 Å². The maximum atomic E-state index is 10.2. The molecule has 0 aromatic carbocycles. The van der Waals surface area contributed by atoms with Crippen molar-refractivity contribution in [2.24, 2.45) is 5.73 Å². The number of carbonyl (C=O) groups excluding carboxylic acids is 1. The van der Waals surface area contributed by atoms with Gasteiger partial charge in [-0.15, -0.1) is 0 Å². The molecule has 1 rings (SSSR count). The Balaban J connectivity index is 2.96. The molecule has 0 atom stereocenters. The summed E-state index contributed by atoms with van der Waals surface area (Å²) in [5.41, 5.74) is 6.16. The molecule has 6 nitrogen and oxygen atoms in total. The van der Waals surface area contributed by atoms with Crippen LogP contribution in [0.3, 0.4) is 0 Å². The summed E-state index contributed by atoms with van der Waals surface area (Å²) in [4.78, 5) is 18.2. The Bertz CT molecular complexity index is 350. The number of nitrogens with two attached hydrogens (primary N) is 1. The topological polar surface area (TPSA) is 90.1 Å². The van der Waals surface area contributed by atoms with Crippen LogP contribution in [0.4, 0.5) is 0 Å². The SMILES string of the molecule is COC(N)=C(CNC=O)c1ncccn1. The van der Waals surface area contributed by atoms with Crippen molar-refractivity contribution >= 4 is 12.0 Å². The zero-order valence-corrected chi connectivity index (χ0v) is 8.30. The molecule has 0 spiro atoms. The van der Waals surface area contributed by atoms with Crippen molar-refractivity contribution in [3.8, 4) is 0 Å². The number of carbonyl (C=O) groups is 1. The molecule has 0 aliphatic rings. The normalized spacial score (nSPS) is 11.5. The van der Waals surface area contributed by atoms with Gasteiger partial charge in [0.1, 0.15) is 0 Å². The van der Waals surface area contributed by atoms with E-state index >= 15 is 0 Å². The molecule has 0 bridgehead atoms. The van der Waals surface area contributed by atoms with Gasteiger partial charge in [-0.1, -0.05) is 0 Å². The Morgan fingerprint density at radius 3 is 2.80 bits per heavy atom. The van der Waals surface area contributed by atoms with E-state index in [-0.39, 0.29) is 12.4 Å². The Kier molecular flexibility index (Phi) is 4.08. The van der Waals surface area contributed by atoms with Crippen molar-refractivity contribution in [2.45, 2.75) is 0 Å². The second kappa shape index (κ2) is 5.58. The number of hydrogen-bond acceptors (Lipinski definition) is 5. The number of ether oxygens (including phenoxy) is 1. The van der Waals surface area contributed by atoms with Crippen LogP contribution in [0.15, 0.2) is 24.3 Å². The molecule has 6 heteroatoms. The fourth-order valence-corrected chi connectivity index (χ4v) is 0.998. The molecule has 0 unspecified atom stereocenters. The molecule has 80 valence electrons. The minimum Gasteiger partial charge on any atom is -0.482 e. The quantitative estimate of drug-likeness (QED) is 0.502. The Labute approximate surface area is 87.2 Å². The summed E-state index contributed by atoms with van der Waals surface area (Å²) >= 11 is 0. The van der Waals surface area contributed by atoms with Gasteiger partial charge in [-0.05, 0) is 6.07 Å². The zero-order valence-electron chi connectivity index (χ0n) is 8.30. The van der Waals surface area contributed by atoms with Crippen LogP contribution in [-0.4, -0.2) is 30.0 Å². The van der Waals surface area contributed by atoms with Gasteiger partial charge < -0.3 is 15.8 Å². The van der Waals surface area contributed by atoms with E-state index in [1.165, 1.54) is 7.11 Å². The summed E-state index contributed by atoms with van der Waals surface area (Å²) in [6.45, 7) is 0.229. The lowest BCUT2D eigenvalue weighted by Gasteiger charge is -2.08. The van der Waals surface area contributed by atoms with E-state index in [1.54, 1.807) is 18.5 Å². The molecule has 1 aromatic rings. The molecule has 0 saturated carbocycles. The lowest BCUT2D eigenvalue weighted by Crippen LogP contribution is -2.19. The number of nitrogens with one attached hydrogen (secondary N) is 1. The minimum absolute atomic E-state index is 0.190. The molecule has 1 aromatic heterocycles. The standard InChI is InChI=1S/C9H12N4O2/c1-15-8(10)7(5-11-6-14)9-12-3-2-4-13-9/h2-4,6H,5,10H2,1H3,(H,11,14). The van der Waals surface area contributed by atoms with Crippen LogP contribution in [0.2, 0.25) is 0 Å². The highest BCUT2D eigenvalue weighted by atomic mass is 16.5. The Morgan fingerprint density at radius 2 is 2.27 bits per heavy atom. The third-order valence-electron chi connectivity index (χ3n) is 1.72. The maximum Gasteiger partial charge on any atom is 0.207 e. The molecular formula is C9H12N4O2. The first-order valence-corrected chi connectivity index (χ1v) is 4.26. The minimum atomic E-state index is 0.190. The summed E-state index contributed by atoms with van der Waals surface area (Å²) in [5, 5.41) is 2.48. The number of amides is 1. The monoisotopic (exact) mass is 208 g/mol. The second-order valence-electron chi connectivity index (χ2n) is 2.62. The van der Waals surface area contributed by atoms with E-state index in [0.29, 0.717) is 17.8 Å². The van der Waals surface area contributed by atoms with Crippen LogP contribution in [0, 0.1) is 0 Å². The van der Waals surface area contributed by atoms with Gasteiger partial charge in [0.2, 0.25) is 6.41 Å². The molecule has 3 N–H and O–H groups in total. The molecule has 0 saturated heterocycles. The van der Waals surface area contributed by atoms with Gasteiger partial charge in [0, 0.05) is 12.4 Å². The number of hydrogen-bond donors (Lipinski definition) is 2. The van der Waals surface area contributed by atoms with Crippen LogP contribution in [0.5, 0.6) is 0 Å². The highest BCUT2D eigenvalue weighted by molar-refractivity contribution is 5.65. The summed E-state index contributed by atoms with van der Waals surface area (Å²) < 4.78 is 4.89. The number of methoxy groups -OCH3 is 1. The fourth-order valence-electron chi connectivity index (χ4n) is 0.998. The number of aromatic nitrogens is 2. The molecule has 0 aliphatic carbocycles. The third-order valence-corrected chi connectivity index (χ3v) is 1.72. The van der Waals surface area contributed by atoms with Crippen molar-refractivity contribution < 1.29 is 9.53 Å². The van der Waals surface area contributed by atoms with Crippen molar-refractivity contribution in [3.05, 3.63) is 30.2 Å². The Hall–Kier alpha value is -2.11. The summed E-state index contributed by atoms with van der Waals surface area (Å²) in [5.74, 6) is 0.627. The summed E-state index contributed by atoms with van der Waals surface area (Å²) in [6, 6.07) is 1.69. The number of rotatable bonds is 5. The highest BCUT2D eigenvalue weighted by Gasteiger charge is 2.09. The van der Waals surface area contributed by atoms with Gasteiger partial charge in [0.05, 0.1) is 19.2 Å². The zero-order chi connectivity index (χ0) is 11.1. The Morgan fingerprint density at radius 1 is 1.60 bits per heavy atom. The molecule has 0 radical (unpaired) electrons. The van der Waals surface area contributed by atoms with E-state index < -0.39 is 0 Å². The smallest absolute Gasteiger partial charge is 0.207 e. The van der Waals surface area contributed by atoms with Gasteiger partial charge in [-0.25, -0.2) is 9.97 Å². The van der Waals surface area contributed by atoms with Crippen molar-refractivity contribution in [1.82, 2.24) is 15.3 Å². The van der Waals surface area contributed by atoms with E-state index in [9.17, 15) is 4.79 Å². The predicted octanol–water partition coefficient (Wildman–Crippen LogP) is -0.504. The molecule has 15 heavy (non-hydrogen) atoms. The first-order valence-electron chi connectivity index (χ1n) is 4.26. The number of nitrogens with zero attached hydrogens (tertiary/aromatic N) is 2. The fraction of sp³-hybridized carbons (Fsp3) is 0.222. The largest absolute Gasteiger partial charge is 0.482 e. The first kappa shape index (κ1) is 11.0. The maximum absolute atomic E-state index is 10.2. The van der Waals surface area contributed by atoms with Crippen LogP contribution in [-0.2, 0) is 9.53 Å². The average molecular weight is 208 g/mol. The van der Waals surface area contributed by atoms with Gasteiger partial charge in [-0.3, -0.25) is 4.79 Å². The van der Waals surface area contributed by atoms with Gasteiger partial charge in [-0.2, -0.15) is 0 Å². The molecule has 1 amide bonds. The summed E-state index contributed by atoms with van der Waals surface area (Å²) in [6.07, 6.45) is 3.75. The predicted molar refractivity (Wildman–Crippen MR) is 54.2 cm³/mol. The van der Waals surface area contributed by atoms with Crippen molar-refractivity contribution in [3.63, 3.8) is 0 Å². The summed E-state index contributed by atoms with van der Waals surface area (Å²) in [7, 11) is 1.44. The highest BCUT2D eigenvalue weighted by Crippen LogP contribution is 2.10. The van der Waals surface area contributed by atoms with Crippen molar-refractivity contribution in [2.75, 3.05) is 13.7 Å².